The van der Waals surface area contributed by atoms with Crippen LogP contribution in [0.25, 0.3) is 0 Å². The van der Waals surface area contributed by atoms with E-state index < -0.39 is 15.6 Å². The number of hydrogen-bond donors (Lipinski definition) is 4. The van der Waals surface area contributed by atoms with Crippen LogP contribution in [-0.2, 0) is 33.5 Å². The molecule has 0 amide bonds. The first-order chi connectivity index (χ1) is 3.71. The molecule has 0 fully saturated rings. The fourth-order valence-electron chi connectivity index (χ4n) is 0.139. The van der Waals surface area contributed by atoms with Crippen LogP contribution in [0.5, 0.6) is 0 Å². The van der Waals surface area contributed by atoms with Crippen molar-refractivity contribution >= 4 is 15.6 Å². The summed E-state index contributed by atoms with van der Waals surface area (Å²) in [7, 11) is -10.1. The van der Waals surface area contributed by atoms with Gasteiger partial charge in [-0.15, -0.1) is 0 Å². The Labute approximate surface area is 69.2 Å². The predicted octanol–water partition coefficient (Wildman–Crippen LogP) is -0.814. The van der Waals surface area contributed by atoms with E-state index in [2.05, 4.69) is 4.31 Å². The summed E-state index contributed by atoms with van der Waals surface area (Å²) < 4.78 is 22.2. The van der Waals surface area contributed by atoms with Gasteiger partial charge in [0.25, 0.3) is 0 Å². The molecule has 0 aromatic heterocycles. The van der Waals surface area contributed by atoms with E-state index >= 15 is 0 Å². The largest absolute Gasteiger partial charge is 0.478 e. The Kier molecular flexibility index (Phi) is 5.49. The van der Waals surface area contributed by atoms with Crippen molar-refractivity contribution in [3.63, 3.8) is 0 Å². The van der Waals surface area contributed by atoms with Crippen molar-refractivity contribution in [1.82, 2.24) is 0 Å². The minimum atomic E-state index is -5.05. The average molecular weight is 276 g/mol. The maximum absolute atomic E-state index is 9.63. The topological polar surface area (TPSA) is 124 Å². The second-order valence-corrected chi connectivity index (χ2v) is 3.68. The van der Waals surface area contributed by atoms with Gasteiger partial charge in [-0.3, -0.25) is 0 Å². The third kappa shape index (κ3) is 11.7. The summed E-state index contributed by atoms with van der Waals surface area (Å²) in [6.45, 7) is 0. The van der Waals surface area contributed by atoms with Gasteiger partial charge < -0.3 is 19.6 Å². The maximum atomic E-state index is 9.63. The summed E-state index contributed by atoms with van der Waals surface area (Å²) >= 11 is 0. The van der Waals surface area contributed by atoms with E-state index in [4.69, 9.17) is 19.6 Å². The molecule has 0 unspecified atom stereocenters. The fraction of sp³-hybridized carbons (Fsp3) is 0. The summed E-state index contributed by atoms with van der Waals surface area (Å²) in [6, 6.07) is 0. The summed E-state index contributed by atoms with van der Waals surface area (Å²) in [5.74, 6) is 0. The minimum Gasteiger partial charge on any atom is -0.302 e. The Morgan fingerprint density at radius 1 is 0.900 bits per heavy atom. The van der Waals surface area contributed by atoms with Crippen molar-refractivity contribution in [2.24, 2.45) is 0 Å². The Morgan fingerprint density at radius 3 is 1.10 bits per heavy atom. The minimum absolute atomic E-state index is 0. The molecular formula is H4O7P2Tc. The van der Waals surface area contributed by atoms with E-state index in [1.165, 1.54) is 0 Å². The second-order valence-electron chi connectivity index (χ2n) is 1.06. The van der Waals surface area contributed by atoms with Crippen LogP contribution in [0.15, 0.2) is 0 Å². The van der Waals surface area contributed by atoms with Crippen molar-refractivity contribution in [3.8, 4) is 0 Å². The molecule has 0 aromatic rings. The molecular weight excluding hydrogens is 272 g/mol. The zero-order valence-electron chi connectivity index (χ0n) is 4.29. The molecule has 0 aliphatic carbocycles. The number of phosphoric acid groups is 2. The third-order valence-electron chi connectivity index (χ3n) is 0.213. The molecule has 0 aliphatic rings. The summed E-state index contributed by atoms with van der Waals surface area (Å²) in [5.41, 5.74) is 0. The van der Waals surface area contributed by atoms with Crippen molar-refractivity contribution in [2.75, 3.05) is 0 Å². The Morgan fingerprint density at radius 2 is 1.10 bits per heavy atom. The standard InChI is InChI=1S/H4O7P2.Tc/c1-8(2,3)7-9(4,5)6;/h(H2,1,2,3)(H2,4,5,6);. The van der Waals surface area contributed by atoms with E-state index in [-0.39, 0.29) is 20.1 Å². The molecule has 0 atom stereocenters. The predicted molar refractivity (Wildman–Crippen MR) is 25.2 cm³/mol. The van der Waals surface area contributed by atoms with Crippen molar-refractivity contribution in [2.45, 2.75) is 0 Å². The van der Waals surface area contributed by atoms with Gasteiger partial charge in [-0.2, -0.15) is 4.31 Å². The van der Waals surface area contributed by atoms with Crippen LogP contribution in [0.3, 0.4) is 0 Å². The molecule has 0 heterocycles. The normalized spacial score (nSPS) is 12.4. The quantitative estimate of drug-likeness (QED) is 0.486. The van der Waals surface area contributed by atoms with Gasteiger partial charge >= 0.3 is 15.6 Å². The van der Waals surface area contributed by atoms with Crippen LogP contribution < -0.4 is 0 Å². The first kappa shape index (κ1) is 13.5. The number of rotatable bonds is 2. The zero-order valence-corrected chi connectivity index (χ0v) is 7.93. The maximum Gasteiger partial charge on any atom is 0.478 e. The molecule has 0 bridgehead atoms. The molecule has 0 saturated carbocycles. The molecule has 0 aromatic carbocycles. The van der Waals surface area contributed by atoms with E-state index in [0.717, 1.165) is 0 Å². The van der Waals surface area contributed by atoms with E-state index in [0.29, 0.717) is 0 Å². The van der Waals surface area contributed by atoms with Crippen LogP contribution >= 0.6 is 15.6 Å². The van der Waals surface area contributed by atoms with Crippen LogP contribution in [-0.4, -0.2) is 19.6 Å². The molecule has 1 radical (unpaired) electrons. The van der Waals surface area contributed by atoms with Gasteiger partial charge in [-0.25, -0.2) is 9.13 Å². The Hall–Kier alpha value is 0.909. The molecule has 10 heavy (non-hydrogen) atoms. The van der Waals surface area contributed by atoms with Gasteiger partial charge in [0.05, 0.1) is 0 Å². The summed E-state index contributed by atoms with van der Waals surface area (Å²) in [4.78, 5) is 31.0. The first-order valence-corrected chi connectivity index (χ1v) is 4.59. The molecule has 0 rings (SSSR count). The van der Waals surface area contributed by atoms with Gasteiger partial charge in [0.2, 0.25) is 0 Å². The average Bonchev–Trinajstić information content (AvgIpc) is 1.14. The van der Waals surface area contributed by atoms with Crippen molar-refractivity contribution < 1.29 is 53.1 Å². The summed E-state index contributed by atoms with van der Waals surface area (Å²) in [6.07, 6.45) is 0. The van der Waals surface area contributed by atoms with Crippen molar-refractivity contribution in [3.05, 3.63) is 0 Å². The van der Waals surface area contributed by atoms with Gasteiger partial charge in [-0.1, -0.05) is 0 Å². The molecule has 63 valence electrons. The molecule has 7 nitrogen and oxygen atoms in total. The van der Waals surface area contributed by atoms with Gasteiger partial charge in [-0.05, 0) is 0 Å². The summed E-state index contributed by atoms with van der Waals surface area (Å²) in [5, 5.41) is 0. The molecule has 4 N–H and O–H groups in total. The number of hydrogen-bond acceptors (Lipinski definition) is 3. The first-order valence-electron chi connectivity index (χ1n) is 1.53. The zero-order chi connectivity index (χ0) is 7.71. The smallest absolute Gasteiger partial charge is 0.302 e. The van der Waals surface area contributed by atoms with Gasteiger partial charge in [0, 0.05) is 20.1 Å². The fourth-order valence-corrected chi connectivity index (χ4v) is 1.25. The van der Waals surface area contributed by atoms with Crippen LogP contribution in [0.4, 0.5) is 0 Å². The van der Waals surface area contributed by atoms with Crippen LogP contribution in [0.1, 0.15) is 0 Å². The third-order valence-corrected chi connectivity index (χ3v) is 1.91. The Bertz CT molecular complexity index is 152. The monoisotopic (exact) mass is 275 g/mol. The van der Waals surface area contributed by atoms with Gasteiger partial charge in [0.15, 0.2) is 0 Å². The van der Waals surface area contributed by atoms with Crippen molar-refractivity contribution in [1.29, 1.82) is 0 Å². The Balaban J connectivity index is 0. The molecule has 0 spiro atoms. The van der Waals surface area contributed by atoms with E-state index in [9.17, 15) is 9.13 Å². The van der Waals surface area contributed by atoms with Crippen LogP contribution in [0.2, 0.25) is 0 Å². The molecule has 10 heteroatoms. The van der Waals surface area contributed by atoms with E-state index in [1.807, 2.05) is 0 Å². The molecule has 0 saturated heterocycles. The van der Waals surface area contributed by atoms with Gasteiger partial charge in [0.1, 0.15) is 0 Å². The van der Waals surface area contributed by atoms with E-state index in [1.54, 1.807) is 0 Å². The SMILES string of the molecule is O=P(O)(O)OP(=O)(O)O.[Tc]. The van der Waals surface area contributed by atoms with Crippen LogP contribution in [0, 0.1) is 0 Å². The second kappa shape index (κ2) is 4.07. The molecule has 0 aliphatic heterocycles.